The Morgan fingerprint density at radius 2 is 2.12 bits per heavy atom. The van der Waals surface area contributed by atoms with Gasteiger partial charge in [0.15, 0.2) is 0 Å². The topological polar surface area (TPSA) is 47.3 Å². The summed E-state index contributed by atoms with van der Waals surface area (Å²) in [6.07, 6.45) is 2.63. The zero-order valence-electron chi connectivity index (χ0n) is 10.2. The van der Waals surface area contributed by atoms with Gasteiger partial charge < -0.3 is 15.8 Å². The third-order valence-electron chi connectivity index (χ3n) is 3.10. The molecule has 94 valence electrons. The Balaban J connectivity index is 1.91. The summed E-state index contributed by atoms with van der Waals surface area (Å²) in [5.74, 6) is 4.20. The Bertz CT molecular complexity index is 364. The highest BCUT2D eigenvalue weighted by Gasteiger charge is 2.13. The predicted molar refractivity (Wildman–Crippen MR) is 75.9 cm³/mol. The molecule has 1 aromatic rings. The number of hydrogen-bond donors (Lipinski definition) is 2. The van der Waals surface area contributed by atoms with Gasteiger partial charge in [0.2, 0.25) is 0 Å². The van der Waals surface area contributed by atoms with E-state index in [-0.39, 0.29) is 0 Å². The summed E-state index contributed by atoms with van der Waals surface area (Å²) in [5, 5.41) is 3.46. The van der Waals surface area contributed by atoms with Gasteiger partial charge in [-0.2, -0.15) is 11.8 Å². The molecule has 0 amide bonds. The lowest BCUT2D eigenvalue weighted by molar-refractivity contribution is 0.415. The molecule has 0 radical (unpaired) electrons. The molecule has 0 aromatic heterocycles. The molecule has 1 aromatic carbocycles. The summed E-state index contributed by atoms with van der Waals surface area (Å²) >= 11 is 2.06. The van der Waals surface area contributed by atoms with Gasteiger partial charge in [0.25, 0.3) is 0 Å². The van der Waals surface area contributed by atoms with Crippen LogP contribution in [0, 0.1) is 5.92 Å². The van der Waals surface area contributed by atoms with E-state index in [4.69, 9.17) is 10.5 Å². The monoisotopic (exact) mass is 252 g/mol. The number of nitrogen functional groups attached to an aromatic ring is 1. The molecule has 2 rings (SSSR count). The van der Waals surface area contributed by atoms with E-state index in [0.717, 1.165) is 29.6 Å². The van der Waals surface area contributed by atoms with Crippen molar-refractivity contribution in [2.24, 2.45) is 5.92 Å². The fraction of sp³-hybridized carbons (Fsp3) is 0.538. The molecule has 0 bridgehead atoms. The summed E-state index contributed by atoms with van der Waals surface area (Å²) in [4.78, 5) is 0. The molecule has 17 heavy (non-hydrogen) atoms. The second-order valence-electron chi connectivity index (χ2n) is 4.43. The first-order valence-electron chi connectivity index (χ1n) is 6.04. The Kier molecular flexibility index (Phi) is 4.42. The number of nitrogens with one attached hydrogen (secondary N) is 1. The maximum Gasteiger partial charge on any atom is 0.122 e. The second-order valence-corrected chi connectivity index (χ2v) is 5.66. The summed E-state index contributed by atoms with van der Waals surface area (Å²) in [7, 11) is 1.66. The van der Waals surface area contributed by atoms with Gasteiger partial charge in [0.05, 0.1) is 7.11 Å². The zero-order valence-corrected chi connectivity index (χ0v) is 11.1. The van der Waals surface area contributed by atoms with Gasteiger partial charge in [-0.3, -0.25) is 0 Å². The standard InChI is InChI=1S/C13H20N2OS/c1-16-13-7-11(14)6-12(8-13)15-9-10-2-4-17-5-3-10/h6-8,10,15H,2-5,9,14H2,1H3. The molecule has 1 aliphatic rings. The minimum absolute atomic E-state index is 0.742. The van der Waals surface area contributed by atoms with Crippen molar-refractivity contribution < 1.29 is 4.74 Å². The van der Waals surface area contributed by atoms with Crippen LogP contribution in [0.15, 0.2) is 18.2 Å². The normalized spacial score (nSPS) is 16.8. The van der Waals surface area contributed by atoms with Crippen LogP contribution in [0.1, 0.15) is 12.8 Å². The third kappa shape index (κ3) is 3.73. The largest absolute Gasteiger partial charge is 0.497 e. The fourth-order valence-corrected chi connectivity index (χ4v) is 3.26. The number of thioether (sulfide) groups is 1. The van der Waals surface area contributed by atoms with Crippen molar-refractivity contribution in [2.45, 2.75) is 12.8 Å². The minimum Gasteiger partial charge on any atom is -0.497 e. The maximum atomic E-state index is 5.82. The number of nitrogens with two attached hydrogens (primary N) is 1. The van der Waals surface area contributed by atoms with Gasteiger partial charge in [-0.15, -0.1) is 0 Å². The molecule has 1 fully saturated rings. The van der Waals surface area contributed by atoms with Gasteiger partial charge in [-0.1, -0.05) is 0 Å². The molecular formula is C13H20N2OS. The number of ether oxygens (including phenoxy) is 1. The molecule has 0 unspecified atom stereocenters. The predicted octanol–water partition coefficient (Wildman–Crippen LogP) is 2.83. The lowest BCUT2D eigenvalue weighted by atomic mass is 10.0. The number of methoxy groups -OCH3 is 1. The molecule has 1 saturated heterocycles. The molecule has 0 saturated carbocycles. The number of rotatable bonds is 4. The summed E-state index contributed by atoms with van der Waals surface area (Å²) in [5.41, 5.74) is 7.62. The van der Waals surface area contributed by atoms with Gasteiger partial charge in [0.1, 0.15) is 5.75 Å². The average Bonchev–Trinajstić information content (AvgIpc) is 2.37. The van der Waals surface area contributed by atoms with E-state index in [1.807, 2.05) is 18.2 Å². The molecule has 3 N–H and O–H groups in total. The van der Waals surface area contributed by atoms with Crippen molar-refractivity contribution in [1.82, 2.24) is 0 Å². The molecule has 4 heteroatoms. The summed E-state index contributed by atoms with van der Waals surface area (Å²) in [6, 6.07) is 5.79. The zero-order chi connectivity index (χ0) is 12.1. The van der Waals surface area contributed by atoms with Crippen LogP contribution in [0.2, 0.25) is 0 Å². The van der Waals surface area contributed by atoms with Crippen LogP contribution in [0.4, 0.5) is 11.4 Å². The molecule has 0 aliphatic carbocycles. The van der Waals surface area contributed by atoms with Crippen LogP contribution in [0.5, 0.6) is 5.75 Å². The first-order valence-corrected chi connectivity index (χ1v) is 7.19. The van der Waals surface area contributed by atoms with E-state index >= 15 is 0 Å². The van der Waals surface area contributed by atoms with Gasteiger partial charge in [0, 0.05) is 30.1 Å². The SMILES string of the molecule is COc1cc(N)cc(NCC2CCSCC2)c1. The highest BCUT2D eigenvalue weighted by molar-refractivity contribution is 7.99. The van der Waals surface area contributed by atoms with Crippen LogP contribution in [0.3, 0.4) is 0 Å². The van der Waals surface area contributed by atoms with E-state index in [2.05, 4.69) is 17.1 Å². The van der Waals surface area contributed by atoms with Crippen LogP contribution in [-0.2, 0) is 0 Å². The maximum absolute atomic E-state index is 5.82. The lowest BCUT2D eigenvalue weighted by Crippen LogP contribution is -2.19. The highest BCUT2D eigenvalue weighted by Crippen LogP contribution is 2.25. The van der Waals surface area contributed by atoms with Crippen LogP contribution in [-0.4, -0.2) is 25.2 Å². The molecular weight excluding hydrogens is 232 g/mol. The fourth-order valence-electron chi connectivity index (χ4n) is 2.05. The van der Waals surface area contributed by atoms with Crippen LogP contribution < -0.4 is 15.8 Å². The van der Waals surface area contributed by atoms with E-state index < -0.39 is 0 Å². The van der Waals surface area contributed by atoms with Gasteiger partial charge in [-0.05, 0) is 36.3 Å². The second kappa shape index (κ2) is 6.05. The van der Waals surface area contributed by atoms with Crippen LogP contribution >= 0.6 is 11.8 Å². The first-order chi connectivity index (χ1) is 8.28. The van der Waals surface area contributed by atoms with Crippen molar-refractivity contribution in [3.05, 3.63) is 18.2 Å². The third-order valence-corrected chi connectivity index (χ3v) is 4.15. The number of anilines is 2. The van der Waals surface area contributed by atoms with E-state index in [0.29, 0.717) is 0 Å². The van der Waals surface area contributed by atoms with Crippen LogP contribution in [0.25, 0.3) is 0 Å². The highest BCUT2D eigenvalue weighted by atomic mass is 32.2. The van der Waals surface area contributed by atoms with Crippen molar-refractivity contribution in [1.29, 1.82) is 0 Å². The average molecular weight is 252 g/mol. The Hall–Kier alpha value is -1.03. The minimum atomic E-state index is 0.742. The number of benzene rings is 1. The van der Waals surface area contributed by atoms with E-state index in [9.17, 15) is 0 Å². The Morgan fingerprint density at radius 3 is 2.82 bits per heavy atom. The Labute approximate surface area is 107 Å². The number of hydrogen-bond acceptors (Lipinski definition) is 4. The molecule has 0 spiro atoms. The van der Waals surface area contributed by atoms with Gasteiger partial charge >= 0.3 is 0 Å². The Morgan fingerprint density at radius 1 is 1.35 bits per heavy atom. The molecule has 1 heterocycles. The molecule has 1 aliphatic heterocycles. The van der Waals surface area contributed by atoms with Crippen molar-refractivity contribution in [2.75, 3.05) is 36.2 Å². The van der Waals surface area contributed by atoms with Crippen molar-refractivity contribution in [3.8, 4) is 5.75 Å². The molecule has 3 nitrogen and oxygen atoms in total. The quantitative estimate of drug-likeness (QED) is 0.809. The smallest absolute Gasteiger partial charge is 0.122 e. The van der Waals surface area contributed by atoms with Gasteiger partial charge in [-0.25, -0.2) is 0 Å². The van der Waals surface area contributed by atoms with Crippen molar-refractivity contribution in [3.63, 3.8) is 0 Å². The van der Waals surface area contributed by atoms with E-state index in [1.54, 1.807) is 7.11 Å². The van der Waals surface area contributed by atoms with E-state index in [1.165, 1.54) is 24.3 Å². The summed E-state index contributed by atoms with van der Waals surface area (Å²) < 4.78 is 5.20. The summed E-state index contributed by atoms with van der Waals surface area (Å²) in [6.45, 7) is 1.03. The molecule has 0 atom stereocenters. The first kappa shape index (κ1) is 12.4. The lowest BCUT2D eigenvalue weighted by Gasteiger charge is -2.22. The van der Waals surface area contributed by atoms with Crippen molar-refractivity contribution >= 4 is 23.1 Å².